The summed E-state index contributed by atoms with van der Waals surface area (Å²) >= 11 is 0. The molecule has 1 N–H and O–H groups in total. The van der Waals surface area contributed by atoms with Crippen LogP contribution in [0.15, 0.2) is 30.3 Å². The fourth-order valence-corrected chi connectivity index (χ4v) is 3.44. The Morgan fingerprint density at radius 3 is 2.48 bits per heavy atom. The molecule has 1 fully saturated rings. The summed E-state index contributed by atoms with van der Waals surface area (Å²) in [6, 6.07) is 9.93. The van der Waals surface area contributed by atoms with Crippen molar-refractivity contribution >= 4 is 11.6 Å². The first-order chi connectivity index (χ1) is 11.9. The summed E-state index contributed by atoms with van der Waals surface area (Å²) < 4.78 is 7.58. The van der Waals surface area contributed by atoms with Gasteiger partial charge >= 0.3 is 0 Å². The molecule has 1 aromatic carbocycles. The Labute approximate surface area is 148 Å². The quantitative estimate of drug-likeness (QED) is 0.928. The number of para-hydroxylation sites is 1. The molecule has 0 radical (unpaired) electrons. The molecule has 134 valence electrons. The number of amides is 1. The maximum atomic E-state index is 12.5. The molecule has 0 unspecified atom stereocenters. The van der Waals surface area contributed by atoms with Gasteiger partial charge < -0.3 is 10.1 Å². The average Bonchev–Trinajstić information content (AvgIpc) is 2.83. The van der Waals surface area contributed by atoms with Crippen LogP contribution in [0.25, 0.3) is 5.69 Å². The van der Waals surface area contributed by atoms with Crippen LogP contribution in [0.5, 0.6) is 0 Å². The Kier molecular flexibility index (Phi) is 5.20. The molecule has 2 heterocycles. The number of morpholine rings is 1. The zero-order valence-corrected chi connectivity index (χ0v) is 15.3. The molecule has 1 aromatic heterocycles. The van der Waals surface area contributed by atoms with Crippen LogP contribution in [0.2, 0.25) is 0 Å². The third kappa shape index (κ3) is 4.08. The number of anilines is 1. The van der Waals surface area contributed by atoms with E-state index in [-0.39, 0.29) is 18.1 Å². The van der Waals surface area contributed by atoms with Gasteiger partial charge in [0.15, 0.2) is 0 Å². The lowest BCUT2D eigenvalue weighted by atomic mass is 10.2. The van der Waals surface area contributed by atoms with E-state index in [1.165, 1.54) is 0 Å². The van der Waals surface area contributed by atoms with Crippen molar-refractivity contribution in [2.24, 2.45) is 0 Å². The molecule has 3 rings (SSSR count). The number of aromatic nitrogens is 2. The fraction of sp³-hybridized carbons (Fsp3) is 0.474. The summed E-state index contributed by atoms with van der Waals surface area (Å²) in [4.78, 5) is 14.7. The van der Waals surface area contributed by atoms with Crippen molar-refractivity contribution in [3.8, 4) is 5.69 Å². The van der Waals surface area contributed by atoms with Gasteiger partial charge in [0.05, 0.1) is 41.5 Å². The molecule has 2 atom stereocenters. The Morgan fingerprint density at radius 2 is 1.84 bits per heavy atom. The molecule has 1 aliphatic rings. The van der Waals surface area contributed by atoms with Gasteiger partial charge in [-0.25, -0.2) is 4.68 Å². The zero-order chi connectivity index (χ0) is 18.0. The van der Waals surface area contributed by atoms with Crippen LogP contribution in [0, 0.1) is 13.8 Å². The van der Waals surface area contributed by atoms with Gasteiger partial charge in [-0.2, -0.15) is 5.10 Å². The molecule has 2 aromatic rings. The van der Waals surface area contributed by atoms with Crippen molar-refractivity contribution in [3.63, 3.8) is 0 Å². The van der Waals surface area contributed by atoms with Crippen LogP contribution in [0.1, 0.15) is 25.2 Å². The van der Waals surface area contributed by atoms with Gasteiger partial charge in [0.1, 0.15) is 0 Å². The molecule has 0 saturated carbocycles. The zero-order valence-electron chi connectivity index (χ0n) is 15.3. The van der Waals surface area contributed by atoms with Gasteiger partial charge in [0.2, 0.25) is 5.91 Å². The maximum Gasteiger partial charge on any atom is 0.238 e. The summed E-state index contributed by atoms with van der Waals surface area (Å²) in [7, 11) is 0. The second-order valence-electron chi connectivity index (χ2n) is 6.79. The predicted molar refractivity (Wildman–Crippen MR) is 98.1 cm³/mol. The number of nitrogens with zero attached hydrogens (tertiary/aromatic N) is 3. The first kappa shape index (κ1) is 17.6. The maximum absolute atomic E-state index is 12.5. The van der Waals surface area contributed by atoms with E-state index in [0.29, 0.717) is 6.54 Å². The number of ether oxygens (including phenoxy) is 1. The number of rotatable bonds is 4. The Morgan fingerprint density at radius 1 is 1.20 bits per heavy atom. The van der Waals surface area contributed by atoms with Crippen molar-refractivity contribution in [2.45, 2.75) is 39.9 Å². The van der Waals surface area contributed by atoms with Gasteiger partial charge in [-0.05, 0) is 39.8 Å². The number of hydrogen-bond acceptors (Lipinski definition) is 4. The van der Waals surface area contributed by atoms with Crippen LogP contribution in [0.3, 0.4) is 0 Å². The molecule has 0 spiro atoms. The summed E-state index contributed by atoms with van der Waals surface area (Å²) in [5, 5.41) is 7.61. The third-order valence-corrected chi connectivity index (χ3v) is 4.42. The molecule has 0 aliphatic carbocycles. The monoisotopic (exact) mass is 342 g/mol. The third-order valence-electron chi connectivity index (χ3n) is 4.42. The van der Waals surface area contributed by atoms with Crippen molar-refractivity contribution in [1.29, 1.82) is 0 Å². The molecular weight excluding hydrogens is 316 g/mol. The molecule has 6 nitrogen and oxygen atoms in total. The van der Waals surface area contributed by atoms with Gasteiger partial charge in [0, 0.05) is 13.1 Å². The smallest absolute Gasteiger partial charge is 0.238 e. The standard InChI is InChI=1S/C19H26N4O2/c1-13-10-22(11-14(2)25-13)12-18(24)20-19-15(3)21-23(16(19)4)17-8-6-5-7-9-17/h5-9,13-14H,10-12H2,1-4H3,(H,20,24)/t13-,14+. The topological polar surface area (TPSA) is 59.4 Å². The summed E-state index contributed by atoms with van der Waals surface area (Å²) in [5.41, 5.74) is 3.53. The molecule has 1 aliphatic heterocycles. The van der Waals surface area contributed by atoms with E-state index in [1.807, 2.05) is 62.7 Å². The Bertz CT molecular complexity index is 731. The van der Waals surface area contributed by atoms with Crippen molar-refractivity contribution in [2.75, 3.05) is 25.0 Å². The Hall–Kier alpha value is -2.18. The Balaban J connectivity index is 1.70. The highest BCUT2D eigenvalue weighted by atomic mass is 16.5. The van der Waals surface area contributed by atoms with Crippen LogP contribution < -0.4 is 5.32 Å². The molecule has 6 heteroatoms. The van der Waals surface area contributed by atoms with Crippen LogP contribution in [-0.4, -0.2) is 52.4 Å². The van der Waals surface area contributed by atoms with E-state index in [2.05, 4.69) is 15.3 Å². The van der Waals surface area contributed by atoms with Gasteiger partial charge in [-0.15, -0.1) is 0 Å². The number of benzene rings is 1. The highest BCUT2D eigenvalue weighted by Gasteiger charge is 2.24. The van der Waals surface area contributed by atoms with E-state index in [1.54, 1.807) is 0 Å². The number of carbonyl (C=O) groups is 1. The average molecular weight is 342 g/mol. The van der Waals surface area contributed by atoms with Gasteiger partial charge in [-0.1, -0.05) is 18.2 Å². The molecule has 1 saturated heterocycles. The second-order valence-corrected chi connectivity index (χ2v) is 6.79. The highest BCUT2D eigenvalue weighted by Crippen LogP contribution is 2.22. The van der Waals surface area contributed by atoms with Gasteiger partial charge in [0.25, 0.3) is 0 Å². The fourth-order valence-electron chi connectivity index (χ4n) is 3.44. The summed E-state index contributed by atoms with van der Waals surface area (Å²) in [5.74, 6) is -0.0138. The highest BCUT2D eigenvalue weighted by molar-refractivity contribution is 5.93. The molecule has 25 heavy (non-hydrogen) atoms. The van der Waals surface area contributed by atoms with E-state index in [9.17, 15) is 4.79 Å². The van der Waals surface area contributed by atoms with Crippen LogP contribution >= 0.6 is 0 Å². The number of carbonyl (C=O) groups excluding carboxylic acids is 1. The summed E-state index contributed by atoms with van der Waals surface area (Å²) in [6.07, 6.45) is 0.307. The number of aryl methyl sites for hydroxylation is 1. The van der Waals surface area contributed by atoms with E-state index < -0.39 is 0 Å². The minimum Gasteiger partial charge on any atom is -0.373 e. The second kappa shape index (κ2) is 7.37. The SMILES string of the molecule is Cc1nn(-c2ccccc2)c(C)c1NC(=O)CN1C[C@@H](C)O[C@@H](C)C1. The van der Waals surface area contributed by atoms with Crippen LogP contribution in [-0.2, 0) is 9.53 Å². The minimum absolute atomic E-state index is 0.0138. The minimum atomic E-state index is -0.0138. The van der Waals surface area contributed by atoms with E-state index in [0.717, 1.165) is 35.9 Å². The van der Waals surface area contributed by atoms with Crippen LogP contribution in [0.4, 0.5) is 5.69 Å². The number of nitrogens with one attached hydrogen (secondary N) is 1. The van der Waals surface area contributed by atoms with Crippen molar-refractivity contribution in [3.05, 3.63) is 41.7 Å². The normalized spacial score (nSPS) is 21.3. The molecular formula is C19H26N4O2. The van der Waals surface area contributed by atoms with Crippen molar-refractivity contribution < 1.29 is 9.53 Å². The largest absolute Gasteiger partial charge is 0.373 e. The van der Waals surface area contributed by atoms with Gasteiger partial charge in [-0.3, -0.25) is 9.69 Å². The van der Waals surface area contributed by atoms with Crippen molar-refractivity contribution in [1.82, 2.24) is 14.7 Å². The predicted octanol–water partition coefficient (Wildman–Crippen LogP) is 2.54. The lowest BCUT2D eigenvalue weighted by molar-refractivity contribution is -0.121. The molecule has 0 bridgehead atoms. The first-order valence-electron chi connectivity index (χ1n) is 8.73. The lowest BCUT2D eigenvalue weighted by Gasteiger charge is -2.34. The summed E-state index contributed by atoms with van der Waals surface area (Å²) in [6.45, 7) is 9.89. The van der Waals surface area contributed by atoms with E-state index >= 15 is 0 Å². The number of hydrogen-bond donors (Lipinski definition) is 1. The lowest BCUT2D eigenvalue weighted by Crippen LogP contribution is -2.48. The van der Waals surface area contributed by atoms with E-state index in [4.69, 9.17) is 4.74 Å². The molecule has 1 amide bonds. The first-order valence-corrected chi connectivity index (χ1v) is 8.73.